The van der Waals surface area contributed by atoms with E-state index in [-0.39, 0.29) is 17.3 Å². The highest BCUT2D eigenvalue weighted by atomic mass is 32.2. The average Bonchev–Trinajstić information content (AvgIpc) is 3.02. The van der Waals surface area contributed by atoms with Crippen LogP contribution >= 0.6 is 11.3 Å². The highest BCUT2D eigenvalue weighted by Gasteiger charge is 2.20. The molecule has 0 aromatic carbocycles. The Bertz CT molecular complexity index is 688. The van der Waals surface area contributed by atoms with Crippen LogP contribution in [0.4, 0.5) is 5.82 Å². The number of thiophene rings is 1. The van der Waals surface area contributed by atoms with E-state index in [0.29, 0.717) is 6.54 Å². The van der Waals surface area contributed by atoms with Crippen LogP contribution in [0.3, 0.4) is 0 Å². The Hall–Kier alpha value is -1.38. The number of nitrogen functional groups attached to an aromatic ring is 1. The molecule has 0 saturated carbocycles. The van der Waals surface area contributed by atoms with Gasteiger partial charge in [0, 0.05) is 29.0 Å². The van der Waals surface area contributed by atoms with E-state index in [0.717, 1.165) is 11.3 Å². The molecule has 0 amide bonds. The van der Waals surface area contributed by atoms with Crippen LogP contribution in [-0.2, 0) is 29.5 Å². The van der Waals surface area contributed by atoms with E-state index in [2.05, 4.69) is 16.7 Å². The Kier molecular flexibility index (Phi) is 4.46. The van der Waals surface area contributed by atoms with Crippen LogP contribution in [0.25, 0.3) is 0 Å². The monoisotopic (exact) mass is 314 g/mol. The van der Waals surface area contributed by atoms with Crippen molar-refractivity contribution in [3.8, 4) is 0 Å². The summed E-state index contributed by atoms with van der Waals surface area (Å²) in [6.07, 6.45) is 2.40. The van der Waals surface area contributed by atoms with Gasteiger partial charge in [-0.25, -0.2) is 13.1 Å². The fraction of sp³-hybridized carbons (Fsp3) is 0.417. The molecule has 6 nitrogen and oxygen atoms in total. The lowest BCUT2D eigenvalue weighted by Gasteiger charge is -2.03. The number of nitrogens with two attached hydrogens (primary N) is 1. The second-order valence-corrected chi connectivity index (χ2v) is 7.27. The fourth-order valence-corrected chi connectivity index (χ4v) is 3.80. The van der Waals surface area contributed by atoms with Crippen molar-refractivity contribution in [2.24, 2.45) is 0 Å². The third-order valence-corrected chi connectivity index (χ3v) is 5.52. The standard InChI is InChI=1S/C12H18N4O2S2/c1-3-9-5-6-10(19-9)7-14-20(17,18)11-8-16(4-2)15-12(11)13/h5-6,8,14H,3-4,7H2,1-2H3,(H2,13,15). The summed E-state index contributed by atoms with van der Waals surface area (Å²) in [6, 6.07) is 3.95. The summed E-state index contributed by atoms with van der Waals surface area (Å²) in [7, 11) is -3.63. The number of nitrogens with zero attached hydrogens (tertiary/aromatic N) is 2. The first-order chi connectivity index (χ1) is 9.46. The second-order valence-electron chi connectivity index (χ2n) is 4.28. The van der Waals surface area contributed by atoms with Crippen molar-refractivity contribution in [3.05, 3.63) is 28.1 Å². The number of rotatable bonds is 6. The summed E-state index contributed by atoms with van der Waals surface area (Å²) in [5.41, 5.74) is 5.65. The molecule has 0 aliphatic rings. The average molecular weight is 314 g/mol. The molecule has 20 heavy (non-hydrogen) atoms. The van der Waals surface area contributed by atoms with Gasteiger partial charge in [-0.3, -0.25) is 4.68 Å². The van der Waals surface area contributed by atoms with E-state index in [9.17, 15) is 8.42 Å². The second kappa shape index (κ2) is 5.94. The van der Waals surface area contributed by atoms with Crippen LogP contribution in [0, 0.1) is 0 Å². The van der Waals surface area contributed by atoms with Gasteiger partial charge in [0.25, 0.3) is 0 Å². The quantitative estimate of drug-likeness (QED) is 0.847. The number of aromatic nitrogens is 2. The molecule has 0 unspecified atom stereocenters. The maximum absolute atomic E-state index is 12.2. The predicted molar refractivity (Wildman–Crippen MR) is 80.0 cm³/mol. The number of hydrogen-bond donors (Lipinski definition) is 2. The number of sulfonamides is 1. The van der Waals surface area contributed by atoms with E-state index >= 15 is 0 Å². The molecule has 0 aliphatic heterocycles. The first kappa shape index (κ1) is 15.0. The Labute approximate surface area is 122 Å². The normalized spacial score (nSPS) is 11.9. The maximum atomic E-state index is 12.2. The first-order valence-corrected chi connectivity index (χ1v) is 8.66. The SMILES string of the molecule is CCc1ccc(CNS(=O)(=O)c2cn(CC)nc2N)s1. The molecule has 0 fully saturated rings. The largest absolute Gasteiger partial charge is 0.381 e. The van der Waals surface area contributed by atoms with Crippen LogP contribution in [0.1, 0.15) is 23.6 Å². The molecular formula is C12H18N4O2S2. The molecule has 0 spiro atoms. The van der Waals surface area contributed by atoms with Crippen molar-refractivity contribution in [2.75, 3.05) is 5.73 Å². The lowest BCUT2D eigenvalue weighted by Crippen LogP contribution is -2.23. The molecule has 0 bridgehead atoms. The topological polar surface area (TPSA) is 90.0 Å². The highest BCUT2D eigenvalue weighted by Crippen LogP contribution is 2.19. The van der Waals surface area contributed by atoms with Gasteiger partial charge >= 0.3 is 0 Å². The molecule has 3 N–H and O–H groups in total. The van der Waals surface area contributed by atoms with Gasteiger partial charge in [0.05, 0.1) is 0 Å². The summed E-state index contributed by atoms with van der Waals surface area (Å²) < 4.78 is 28.4. The van der Waals surface area contributed by atoms with Crippen molar-refractivity contribution in [1.82, 2.24) is 14.5 Å². The van der Waals surface area contributed by atoms with Crippen LogP contribution in [0.15, 0.2) is 23.2 Å². The molecular weight excluding hydrogens is 296 g/mol. The summed E-state index contributed by atoms with van der Waals surface area (Å²) in [5, 5.41) is 3.95. The minimum atomic E-state index is -3.63. The van der Waals surface area contributed by atoms with Gasteiger partial charge in [0.1, 0.15) is 4.90 Å². The van der Waals surface area contributed by atoms with Gasteiger partial charge in [-0.15, -0.1) is 11.3 Å². The third kappa shape index (κ3) is 3.20. The lowest BCUT2D eigenvalue weighted by atomic mass is 10.4. The summed E-state index contributed by atoms with van der Waals surface area (Å²) in [6.45, 7) is 4.78. The van der Waals surface area contributed by atoms with Gasteiger partial charge in [0.15, 0.2) is 5.82 Å². The number of nitrogens with one attached hydrogen (secondary N) is 1. The van der Waals surface area contributed by atoms with Gasteiger partial charge in [-0.05, 0) is 25.5 Å². The van der Waals surface area contributed by atoms with E-state index in [1.807, 2.05) is 19.1 Å². The third-order valence-electron chi connectivity index (χ3n) is 2.87. The van der Waals surface area contributed by atoms with E-state index in [1.54, 1.807) is 11.3 Å². The van der Waals surface area contributed by atoms with Crippen molar-refractivity contribution in [1.29, 1.82) is 0 Å². The first-order valence-electron chi connectivity index (χ1n) is 6.36. The molecule has 2 heterocycles. The molecule has 0 aliphatic carbocycles. The lowest BCUT2D eigenvalue weighted by molar-refractivity contribution is 0.581. The van der Waals surface area contributed by atoms with E-state index < -0.39 is 10.0 Å². The molecule has 0 radical (unpaired) electrons. The van der Waals surface area contributed by atoms with Gasteiger partial charge in [-0.2, -0.15) is 5.10 Å². The molecule has 2 aromatic heterocycles. The van der Waals surface area contributed by atoms with Crippen LogP contribution in [0.5, 0.6) is 0 Å². The Morgan fingerprint density at radius 2 is 2.05 bits per heavy atom. The Morgan fingerprint density at radius 1 is 1.35 bits per heavy atom. The minimum Gasteiger partial charge on any atom is -0.381 e. The Morgan fingerprint density at radius 3 is 2.60 bits per heavy atom. The van der Waals surface area contributed by atoms with Crippen molar-refractivity contribution >= 4 is 27.2 Å². The zero-order valence-corrected chi connectivity index (χ0v) is 13.1. The van der Waals surface area contributed by atoms with Crippen molar-refractivity contribution in [2.45, 2.75) is 38.3 Å². The van der Waals surface area contributed by atoms with Crippen molar-refractivity contribution < 1.29 is 8.42 Å². The van der Waals surface area contributed by atoms with Gasteiger partial charge in [0.2, 0.25) is 10.0 Å². The molecule has 110 valence electrons. The number of anilines is 1. The van der Waals surface area contributed by atoms with Crippen LogP contribution in [0.2, 0.25) is 0 Å². The number of aryl methyl sites for hydroxylation is 2. The Balaban J connectivity index is 2.12. The number of hydrogen-bond acceptors (Lipinski definition) is 5. The molecule has 2 aromatic rings. The zero-order chi connectivity index (χ0) is 14.8. The molecule has 0 saturated heterocycles. The zero-order valence-electron chi connectivity index (χ0n) is 11.5. The van der Waals surface area contributed by atoms with Gasteiger partial charge in [-0.1, -0.05) is 6.92 Å². The van der Waals surface area contributed by atoms with Crippen LogP contribution < -0.4 is 10.5 Å². The smallest absolute Gasteiger partial charge is 0.246 e. The van der Waals surface area contributed by atoms with Crippen molar-refractivity contribution in [3.63, 3.8) is 0 Å². The molecule has 2 rings (SSSR count). The minimum absolute atomic E-state index is 0.0276. The van der Waals surface area contributed by atoms with Gasteiger partial charge < -0.3 is 5.73 Å². The summed E-state index contributed by atoms with van der Waals surface area (Å²) in [4.78, 5) is 2.25. The molecule has 8 heteroatoms. The van der Waals surface area contributed by atoms with E-state index in [4.69, 9.17) is 5.73 Å². The highest BCUT2D eigenvalue weighted by molar-refractivity contribution is 7.89. The van der Waals surface area contributed by atoms with E-state index in [1.165, 1.54) is 15.8 Å². The summed E-state index contributed by atoms with van der Waals surface area (Å²) in [5.74, 6) is 0.0276. The maximum Gasteiger partial charge on any atom is 0.246 e. The fourth-order valence-electron chi connectivity index (χ4n) is 1.74. The van der Waals surface area contributed by atoms with Crippen LogP contribution in [-0.4, -0.2) is 18.2 Å². The predicted octanol–water partition coefficient (Wildman–Crippen LogP) is 1.59. The molecule has 0 atom stereocenters. The summed E-state index contributed by atoms with van der Waals surface area (Å²) >= 11 is 1.60.